The summed E-state index contributed by atoms with van der Waals surface area (Å²) < 4.78 is 5.12. The Labute approximate surface area is 215 Å². The lowest BCUT2D eigenvalue weighted by Crippen LogP contribution is -2.35. The number of Topliss-reactive ketones (excluding diaryl/α,β-unsaturated/α-hetero) is 1. The van der Waals surface area contributed by atoms with E-state index < -0.39 is 29.5 Å². The van der Waals surface area contributed by atoms with Crippen molar-refractivity contribution in [1.29, 1.82) is 0 Å². The Kier molecular flexibility index (Phi) is 7.27. The number of carbonyl (C=O) groups is 3. The number of aryl methyl sites for hydroxylation is 3. The minimum absolute atomic E-state index is 0.0329. The summed E-state index contributed by atoms with van der Waals surface area (Å²) in [6.07, 6.45) is 4.88. The largest absolute Gasteiger partial charge is 0.503 e. The maximum absolute atomic E-state index is 13.6. The number of benzene rings is 1. The van der Waals surface area contributed by atoms with Gasteiger partial charge in [0.05, 0.1) is 32.9 Å². The molecular formula is C26H23N3O5S2. The molecule has 10 heteroatoms. The fourth-order valence-corrected chi connectivity index (χ4v) is 5.63. The molecule has 8 nitrogen and oxygen atoms in total. The van der Waals surface area contributed by atoms with Gasteiger partial charge < -0.3 is 9.84 Å². The second kappa shape index (κ2) is 10.4. The third-order valence-electron chi connectivity index (χ3n) is 5.38. The predicted octanol–water partition coefficient (Wildman–Crippen LogP) is 4.99. The molecule has 4 rings (SSSR count). The van der Waals surface area contributed by atoms with Crippen LogP contribution in [0.15, 0.2) is 60.4 Å². The van der Waals surface area contributed by atoms with Crippen molar-refractivity contribution in [2.24, 2.45) is 0 Å². The number of amides is 1. The Morgan fingerprint density at radius 3 is 2.44 bits per heavy atom. The highest BCUT2D eigenvalue weighted by Gasteiger charge is 2.45. The molecular weight excluding hydrogens is 498 g/mol. The van der Waals surface area contributed by atoms with Gasteiger partial charge in [0.2, 0.25) is 5.78 Å². The quantitative estimate of drug-likeness (QED) is 0.253. The van der Waals surface area contributed by atoms with E-state index in [2.05, 4.69) is 16.5 Å². The molecule has 0 bridgehead atoms. The van der Waals surface area contributed by atoms with Gasteiger partial charge in [-0.3, -0.25) is 14.5 Å². The van der Waals surface area contributed by atoms with Crippen LogP contribution in [0.4, 0.5) is 5.13 Å². The highest BCUT2D eigenvalue weighted by Crippen LogP contribution is 2.38. The Bertz CT molecular complexity index is 1420. The van der Waals surface area contributed by atoms with Gasteiger partial charge in [0.15, 0.2) is 10.9 Å². The van der Waals surface area contributed by atoms with Gasteiger partial charge in [-0.05, 0) is 26.3 Å². The molecule has 1 aliphatic rings. The summed E-state index contributed by atoms with van der Waals surface area (Å²) >= 11 is 2.16. The van der Waals surface area contributed by atoms with Gasteiger partial charge in [0.1, 0.15) is 11.5 Å². The minimum atomic E-state index is -0.949. The number of hydrogen-bond donors (Lipinski definition) is 1. The van der Waals surface area contributed by atoms with Crippen molar-refractivity contribution in [1.82, 2.24) is 9.97 Å². The summed E-state index contributed by atoms with van der Waals surface area (Å²) in [6.45, 7) is 8.69. The first-order valence-corrected chi connectivity index (χ1v) is 12.6. The summed E-state index contributed by atoms with van der Waals surface area (Å²) in [6, 6.07) is 8.41. The lowest BCUT2D eigenvalue weighted by molar-refractivity contribution is -0.116. The first kappa shape index (κ1) is 25.2. The third kappa shape index (κ3) is 4.77. The topological polar surface area (TPSA) is 110 Å². The van der Waals surface area contributed by atoms with E-state index in [1.165, 1.54) is 22.3 Å². The molecule has 0 aliphatic carbocycles. The fraction of sp³-hybridized carbons (Fsp3) is 0.192. The molecule has 1 atom stereocenters. The van der Waals surface area contributed by atoms with Gasteiger partial charge >= 0.3 is 5.97 Å². The van der Waals surface area contributed by atoms with E-state index in [0.717, 1.165) is 16.9 Å². The molecule has 0 saturated heterocycles. The van der Waals surface area contributed by atoms with E-state index in [9.17, 15) is 19.5 Å². The van der Waals surface area contributed by atoms with Crippen LogP contribution in [0.25, 0.3) is 6.08 Å². The van der Waals surface area contributed by atoms with Crippen LogP contribution in [0.5, 0.6) is 0 Å². The first-order valence-electron chi connectivity index (χ1n) is 11.0. The van der Waals surface area contributed by atoms with Gasteiger partial charge in [-0.15, -0.1) is 11.3 Å². The van der Waals surface area contributed by atoms with E-state index in [0.29, 0.717) is 21.3 Å². The van der Waals surface area contributed by atoms with E-state index >= 15 is 0 Å². The van der Waals surface area contributed by atoms with Crippen LogP contribution in [-0.2, 0) is 9.53 Å². The van der Waals surface area contributed by atoms with E-state index in [4.69, 9.17) is 4.74 Å². The zero-order chi connectivity index (χ0) is 26.0. The summed E-state index contributed by atoms with van der Waals surface area (Å²) in [5, 5.41) is 11.7. The Morgan fingerprint density at radius 2 is 1.81 bits per heavy atom. The molecule has 0 fully saturated rings. The molecule has 1 aromatic carbocycles. The van der Waals surface area contributed by atoms with Crippen LogP contribution in [0, 0.1) is 20.8 Å². The van der Waals surface area contributed by atoms with Crippen molar-refractivity contribution in [3.63, 3.8) is 0 Å². The van der Waals surface area contributed by atoms with Gasteiger partial charge in [-0.2, -0.15) is 0 Å². The summed E-state index contributed by atoms with van der Waals surface area (Å²) in [4.78, 5) is 49.8. The van der Waals surface area contributed by atoms with E-state index in [1.807, 2.05) is 30.3 Å². The SMILES string of the molecule is C=CCOC(=O)c1sc(N2C(=O)C(O)=C(C(=O)c3sc(C)nc3C)C2/C=C/c2ccccc2)nc1C. The zero-order valence-corrected chi connectivity index (χ0v) is 21.5. The number of aliphatic hydroxyl groups excluding tert-OH is 1. The molecule has 1 aliphatic heterocycles. The van der Waals surface area contributed by atoms with Gasteiger partial charge in [0, 0.05) is 0 Å². The van der Waals surface area contributed by atoms with Crippen LogP contribution in [0.3, 0.4) is 0 Å². The number of anilines is 1. The number of carbonyl (C=O) groups excluding carboxylic acids is 3. The molecule has 1 unspecified atom stereocenters. The zero-order valence-electron chi connectivity index (χ0n) is 19.8. The lowest BCUT2D eigenvalue weighted by Gasteiger charge is -2.21. The molecule has 1 amide bonds. The number of ether oxygens (including phenoxy) is 1. The monoisotopic (exact) mass is 521 g/mol. The second-order valence-electron chi connectivity index (χ2n) is 7.93. The van der Waals surface area contributed by atoms with Crippen molar-refractivity contribution >= 4 is 51.5 Å². The molecule has 2 aromatic heterocycles. The normalized spacial score (nSPS) is 15.7. The number of aromatic nitrogens is 2. The van der Waals surface area contributed by atoms with E-state index in [-0.39, 0.29) is 22.2 Å². The number of aliphatic hydroxyl groups is 1. The van der Waals surface area contributed by atoms with Crippen molar-refractivity contribution in [3.8, 4) is 0 Å². The number of thiazole rings is 2. The van der Waals surface area contributed by atoms with Crippen LogP contribution in [-0.4, -0.2) is 45.4 Å². The maximum Gasteiger partial charge on any atom is 0.350 e. The summed E-state index contributed by atoms with van der Waals surface area (Å²) in [5.74, 6) is -2.51. The van der Waals surface area contributed by atoms with Crippen LogP contribution in [0.1, 0.15) is 41.3 Å². The number of rotatable bonds is 8. The number of esters is 1. The molecule has 1 N–H and O–H groups in total. The summed E-state index contributed by atoms with van der Waals surface area (Å²) in [5.41, 5.74) is 1.67. The number of nitrogens with zero attached hydrogens (tertiary/aromatic N) is 3. The highest BCUT2D eigenvalue weighted by molar-refractivity contribution is 7.17. The predicted molar refractivity (Wildman–Crippen MR) is 140 cm³/mol. The Morgan fingerprint density at radius 1 is 1.11 bits per heavy atom. The van der Waals surface area contributed by atoms with Crippen molar-refractivity contribution in [3.05, 3.63) is 92.1 Å². The number of hydrogen-bond acceptors (Lipinski definition) is 9. The molecule has 184 valence electrons. The van der Waals surface area contributed by atoms with Crippen LogP contribution >= 0.6 is 22.7 Å². The average molecular weight is 522 g/mol. The standard InChI is InChI=1S/C26H23N3O5S2/c1-5-13-34-25(33)23-15(3)28-26(36-23)29-18(12-11-17-9-7-6-8-10-17)19(21(31)24(29)32)20(30)22-14(2)27-16(4)35-22/h5-12,18,31H,1,13H2,2-4H3/b12-11+. The average Bonchev–Trinajstić information content (AvgIpc) is 3.49. The lowest BCUT2D eigenvalue weighted by atomic mass is 10.0. The molecule has 0 spiro atoms. The second-order valence-corrected chi connectivity index (χ2v) is 10.1. The third-order valence-corrected chi connectivity index (χ3v) is 7.59. The van der Waals surface area contributed by atoms with Gasteiger partial charge in [-0.1, -0.05) is 66.5 Å². The first-order chi connectivity index (χ1) is 17.2. The maximum atomic E-state index is 13.6. The smallest absolute Gasteiger partial charge is 0.350 e. The molecule has 3 heterocycles. The molecule has 0 saturated carbocycles. The van der Waals surface area contributed by atoms with Gasteiger partial charge in [-0.25, -0.2) is 14.8 Å². The van der Waals surface area contributed by atoms with Crippen molar-refractivity contribution < 1.29 is 24.2 Å². The van der Waals surface area contributed by atoms with Crippen LogP contribution < -0.4 is 4.90 Å². The summed E-state index contributed by atoms with van der Waals surface area (Å²) in [7, 11) is 0. The van der Waals surface area contributed by atoms with Crippen molar-refractivity contribution in [2.75, 3.05) is 11.5 Å². The Hall–Kier alpha value is -3.89. The van der Waals surface area contributed by atoms with Crippen molar-refractivity contribution in [2.45, 2.75) is 26.8 Å². The fourth-order valence-electron chi connectivity index (χ4n) is 3.76. The number of ketones is 1. The van der Waals surface area contributed by atoms with Gasteiger partial charge in [0.25, 0.3) is 5.91 Å². The van der Waals surface area contributed by atoms with E-state index in [1.54, 1.807) is 32.9 Å². The molecule has 3 aromatic rings. The molecule has 36 heavy (non-hydrogen) atoms. The minimum Gasteiger partial charge on any atom is -0.503 e. The highest BCUT2D eigenvalue weighted by atomic mass is 32.1. The Balaban J connectivity index is 1.79. The van der Waals surface area contributed by atoms with Crippen LogP contribution in [0.2, 0.25) is 0 Å². The molecule has 0 radical (unpaired) electrons.